The lowest BCUT2D eigenvalue weighted by atomic mass is 9.88. The first-order chi connectivity index (χ1) is 9.31. The number of carbonyl (C=O) groups excluding carboxylic acids is 1. The molecule has 3 unspecified atom stereocenters. The highest BCUT2D eigenvalue weighted by Gasteiger charge is 2.42. The number of amides is 1. The molecule has 1 amide bonds. The molecular weight excluding hydrogens is 240 g/mol. The van der Waals surface area contributed by atoms with Crippen molar-refractivity contribution < 1.29 is 4.79 Å². The standard InChI is InChI=1S/C14H16N4O/c19-14(9-6-8-4-5-12(9)16-8)17-11-2-1-3-13-10(11)7-15-18-13/h1-3,7-9,12,16H,4-6H2,(H,15,18)(H,17,19). The Morgan fingerprint density at radius 3 is 3.11 bits per heavy atom. The largest absolute Gasteiger partial charge is 0.325 e. The number of hydrogen-bond donors (Lipinski definition) is 3. The maximum absolute atomic E-state index is 12.4. The average molecular weight is 256 g/mol. The van der Waals surface area contributed by atoms with E-state index < -0.39 is 0 Å². The van der Waals surface area contributed by atoms with E-state index in [9.17, 15) is 4.79 Å². The number of nitrogens with zero attached hydrogens (tertiary/aromatic N) is 1. The molecule has 2 aliphatic heterocycles. The Bertz CT molecular complexity index is 635. The molecule has 2 bridgehead atoms. The average Bonchev–Trinajstić information content (AvgIpc) is 3.14. The predicted octanol–water partition coefficient (Wildman–Crippen LogP) is 1.64. The first-order valence-corrected chi connectivity index (χ1v) is 6.80. The van der Waals surface area contributed by atoms with Crippen LogP contribution in [0.5, 0.6) is 0 Å². The molecule has 98 valence electrons. The third kappa shape index (κ3) is 1.73. The summed E-state index contributed by atoms with van der Waals surface area (Å²) in [6.07, 6.45) is 5.06. The minimum atomic E-state index is 0.112. The topological polar surface area (TPSA) is 69.8 Å². The highest BCUT2D eigenvalue weighted by molar-refractivity contribution is 6.02. The van der Waals surface area contributed by atoms with E-state index in [0.29, 0.717) is 12.1 Å². The number of anilines is 1. The molecule has 0 aliphatic carbocycles. The first-order valence-electron chi connectivity index (χ1n) is 6.80. The van der Waals surface area contributed by atoms with E-state index in [4.69, 9.17) is 0 Å². The van der Waals surface area contributed by atoms with Gasteiger partial charge in [-0.3, -0.25) is 9.89 Å². The van der Waals surface area contributed by atoms with Crippen molar-refractivity contribution in [2.45, 2.75) is 31.3 Å². The van der Waals surface area contributed by atoms with Gasteiger partial charge in [-0.15, -0.1) is 0 Å². The minimum absolute atomic E-state index is 0.112. The maximum Gasteiger partial charge on any atom is 0.229 e. The van der Waals surface area contributed by atoms with Crippen LogP contribution in [0.25, 0.3) is 10.9 Å². The molecule has 0 saturated carbocycles. The smallest absolute Gasteiger partial charge is 0.229 e. The van der Waals surface area contributed by atoms with Gasteiger partial charge in [0.2, 0.25) is 5.91 Å². The molecule has 2 fully saturated rings. The third-order valence-corrected chi connectivity index (χ3v) is 4.38. The van der Waals surface area contributed by atoms with Crippen molar-refractivity contribution in [3.63, 3.8) is 0 Å². The number of rotatable bonds is 2. The fourth-order valence-corrected chi connectivity index (χ4v) is 3.42. The van der Waals surface area contributed by atoms with Gasteiger partial charge in [0, 0.05) is 17.5 Å². The number of benzene rings is 1. The SMILES string of the molecule is O=C(Nc1cccc2[nH]ncc12)C1CC2CCC1N2. The van der Waals surface area contributed by atoms with Crippen LogP contribution in [-0.2, 0) is 4.79 Å². The fourth-order valence-electron chi connectivity index (χ4n) is 3.42. The van der Waals surface area contributed by atoms with Crippen LogP contribution in [0.1, 0.15) is 19.3 Å². The van der Waals surface area contributed by atoms with E-state index in [1.807, 2.05) is 18.2 Å². The highest BCUT2D eigenvalue weighted by atomic mass is 16.2. The number of H-pyrrole nitrogens is 1. The maximum atomic E-state index is 12.4. The Hall–Kier alpha value is -1.88. The van der Waals surface area contributed by atoms with Crippen LogP contribution in [0, 0.1) is 5.92 Å². The van der Waals surface area contributed by atoms with E-state index in [2.05, 4.69) is 20.8 Å². The van der Waals surface area contributed by atoms with Crippen LogP contribution in [-0.4, -0.2) is 28.2 Å². The van der Waals surface area contributed by atoms with E-state index in [1.54, 1.807) is 6.20 Å². The summed E-state index contributed by atoms with van der Waals surface area (Å²) in [6, 6.07) is 6.72. The van der Waals surface area contributed by atoms with Crippen LogP contribution in [0.2, 0.25) is 0 Å². The second-order valence-electron chi connectivity index (χ2n) is 5.52. The molecule has 19 heavy (non-hydrogen) atoms. The number of nitrogens with one attached hydrogen (secondary N) is 3. The summed E-state index contributed by atoms with van der Waals surface area (Å²) in [7, 11) is 0. The Kier molecular flexibility index (Phi) is 2.35. The molecule has 1 aromatic carbocycles. The van der Waals surface area contributed by atoms with Gasteiger partial charge in [0.15, 0.2) is 0 Å². The molecule has 5 heteroatoms. The molecule has 0 spiro atoms. The molecule has 0 radical (unpaired) electrons. The van der Waals surface area contributed by atoms with E-state index in [0.717, 1.165) is 29.4 Å². The van der Waals surface area contributed by atoms with Gasteiger partial charge in [0.25, 0.3) is 0 Å². The van der Waals surface area contributed by atoms with Gasteiger partial charge in [0.1, 0.15) is 0 Å². The summed E-state index contributed by atoms with van der Waals surface area (Å²) in [4.78, 5) is 12.4. The second-order valence-corrected chi connectivity index (χ2v) is 5.52. The fraction of sp³-hybridized carbons (Fsp3) is 0.429. The van der Waals surface area contributed by atoms with Crippen molar-refractivity contribution in [3.8, 4) is 0 Å². The van der Waals surface area contributed by atoms with Crippen molar-refractivity contribution in [2.75, 3.05) is 5.32 Å². The Morgan fingerprint density at radius 2 is 2.32 bits per heavy atom. The molecule has 5 nitrogen and oxygen atoms in total. The minimum Gasteiger partial charge on any atom is -0.325 e. The summed E-state index contributed by atoms with van der Waals surface area (Å²) in [6.45, 7) is 0. The Morgan fingerprint density at radius 1 is 1.37 bits per heavy atom. The van der Waals surface area contributed by atoms with Gasteiger partial charge in [-0.25, -0.2) is 0 Å². The van der Waals surface area contributed by atoms with E-state index in [1.165, 1.54) is 6.42 Å². The van der Waals surface area contributed by atoms with Gasteiger partial charge >= 0.3 is 0 Å². The summed E-state index contributed by atoms with van der Waals surface area (Å²) in [5, 5.41) is 14.5. The lowest BCUT2D eigenvalue weighted by Crippen LogP contribution is -2.32. The van der Waals surface area contributed by atoms with Crippen molar-refractivity contribution in [3.05, 3.63) is 24.4 Å². The Balaban J connectivity index is 1.58. The molecule has 2 aliphatic rings. The zero-order valence-electron chi connectivity index (χ0n) is 10.5. The van der Waals surface area contributed by atoms with Crippen molar-refractivity contribution in [2.24, 2.45) is 5.92 Å². The molecule has 3 heterocycles. The molecule has 3 N–H and O–H groups in total. The monoisotopic (exact) mass is 256 g/mol. The summed E-state index contributed by atoms with van der Waals surface area (Å²) < 4.78 is 0. The zero-order valence-corrected chi connectivity index (χ0v) is 10.5. The van der Waals surface area contributed by atoms with Crippen LogP contribution < -0.4 is 10.6 Å². The van der Waals surface area contributed by atoms with Gasteiger partial charge in [0.05, 0.1) is 23.3 Å². The number of aromatic nitrogens is 2. The quantitative estimate of drug-likeness (QED) is 0.765. The third-order valence-electron chi connectivity index (χ3n) is 4.38. The Labute approximate surface area is 110 Å². The molecule has 2 aromatic rings. The molecule has 4 rings (SSSR count). The molecule has 3 atom stereocenters. The number of fused-ring (bicyclic) bond motifs is 3. The van der Waals surface area contributed by atoms with Gasteiger partial charge < -0.3 is 10.6 Å². The summed E-state index contributed by atoms with van der Waals surface area (Å²) >= 11 is 0. The predicted molar refractivity (Wildman–Crippen MR) is 72.8 cm³/mol. The number of aromatic amines is 1. The van der Waals surface area contributed by atoms with Gasteiger partial charge in [-0.05, 0) is 31.4 Å². The number of hydrogen-bond acceptors (Lipinski definition) is 3. The summed E-state index contributed by atoms with van der Waals surface area (Å²) in [5.74, 6) is 0.245. The molecular formula is C14H16N4O. The van der Waals surface area contributed by atoms with Crippen molar-refractivity contribution >= 4 is 22.5 Å². The van der Waals surface area contributed by atoms with Gasteiger partial charge in [-0.1, -0.05) is 6.07 Å². The zero-order chi connectivity index (χ0) is 12.8. The van der Waals surface area contributed by atoms with Crippen LogP contribution in [0.3, 0.4) is 0 Å². The van der Waals surface area contributed by atoms with E-state index >= 15 is 0 Å². The highest BCUT2D eigenvalue weighted by Crippen LogP contribution is 2.34. The van der Waals surface area contributed by atoms with Gasteiger partial charge in [-0.2, -0.15) is 5.10 Å². The first kappa shape index (κ1) is 11.0. The molecule has 2 saturated heterocycles. The van der Waals surface area contributed by atoms with Crippen LogP contribution >= 0.6 is 0 Å². The molecule has 1 aromatic heterocycles. The normalized spacial score (nSPS) is 28.9. The lowest BCUT2D eigenvalue weighted by molar-refractivity contribution is -0.120. The lowest BCUT2D eigenvalue weighted by Gasteiger charge is -2.19. The summed E-state index contributed by atoms with van der Waals surface area (Å²) in [5.41, 5.74) is 1.79. The van der Waals surface area contributed by atoms with E-state index in [-0.39, 0.29) is 11.8 Å². The van der Waals surface area contributed by atoms with Crippen LogP contribution in [0.4, 0.5) is 5.69 Å². The van der Waals surface area contributed by atoms with Crippen LogP contribution in [0.15, 0.2) is 24.4 Å². The second kappa shape index (κ2) is 4.06. The van der Waals surface area contributed by atoms with Crippen molar-refractivity contribution in [1.82, 2.24) is 15.5 Å². The number of carbonyl (C=O) groups is 1. The van der Waals surface area contributed by atoms with Crippen molar-refractivity contribution in [1.29, 1.82) is 0 Å².